The van der Waals surface area contributed by atoms with Crippen molar-refractivity contribution < 1.29 is 14.1 Å². The van der Waals surface area contributed by atoms with Gasteiger partial charge in [-0.05, 0) is 54.3 Å². The zero-order chi connectivity index (χ0) is 21.1. The number of rotatable bonds is 7. The molecule has 156 valence electrons. The summed E-state index contributed by atoms with van der Waals surface area (Å²) >= 11 is 6.08. The summed E-state index contributed by atoms with van der Waals surface area (Å²) in [6.45, 7) is 5.35. The van der Waals surface area contributed by atoms with Gasteiger partial charge in [0.2, 0.25) is 17.6 Å². The van der Waals surface area contributed by atoms with Crippen LogP contribution in [0.15, 0.2) is 53.1 Å². The van der Waals surface area contributed by atoms with Crippen molar-refractivity contribution >= 4 is 17.5 Å². The van der Waals surface area contributed by atoms with E-state index < -0.39 is 0 Å². The normalized spacial score (nSPS) is 16.5. The van der Waals surface area contributed by atoms with Gasteiger partial charge in [0.15, 0.2) is 0 Å². The second kappa shape index (κ2) is 8.88. The number of nitrogens with zero attached hydrogens (tertiary/aromatic N) is 3. The first-order valence-corrected chi connectivity index (χ1v) is 10.5. The summed E-state index contributed by atoms with van der Waals surface area (Å²) < 4.78 is 11.3. The summed E-state index contributed by atoms with van der Waals surface area (Å²) in [7, 11) is 0. The lowest BCUT2D eigenvalue weighted by Gasteiger charge is -2.22. The van der Waals surface area contributed by atoms with Gasteiger partial charge in [-0.1, -0.05) is 42.7 Å². The average molecular weight is 426 g/mol. The molecule has 2 heterocycles. The van der Waals surface area contributed by atoms with Gasteiger partial charge in [-0.25, -0.2) is 0 Å². The van der Waals surface area contributed by atoms with Crippen molar-refractivity contribution in [2.45, 2.75) is 39.3 Å². The van der Waals surface area contributed by atoms with E-state index in [-0.39, 0.29) is 11.9 Å². The molecule has 1 atom stereocenters. The Labute approximate surface area is 180 Å². The third-order valence-corrected chi connectivity index (χ3v) is 5.23. The van der Waals surface area contributed by atoms with Crippen LogP contribution < -0.4 is 4.74 Å². The second-order valence-electron chi connectivity index (χ2n) is 7.89. The molecule has 1 aromatic heterocycles. The fourth-order valence-corrected chi connectivity index (χ4v) is 3.68. The summed E-state index contributed by atoms with van der Waals surface area (Å²) in [5, 5.41) is 4.78. The molecule has 6 nitrogen and oxygen atoms in total. The molecule has 0 bridgehead atoms. The maximum Gasteiger partial charge on any atom is 0.249 e. The highest BCUT2D eigenvalue weighted by molar-refractivity contribution is 6.30. The summed E-state index contributed by atoms with van der Waals surface area (Å²) in [5.74, 6) is 2.31. The molecule has 2 aromatic carbocycles. The average Bonchev–Trinajstić information content (AvgIpc) is 3.34. The maximum atomic E-state index is 12.5. The predicted octanol–water partition coefficient (Wildman–Crippen LogP) is 5.29. The molecular weight excluding hydrogens is 402 g/mol. The number of likely N-dealkylation sites (tertiary alicyclic amines) is 1. The van der Waals surface area contributed by atoms with Crippen molar-refractivity contribution in [2.75, 3.05) is 6.61 Å². The Hall–Kier alpha value is -2.86. The number of carbonyl (C=O) groups excluding carboxylic acids is 1. The van der Waals surface area contributed by atoms with Gasteiger partial charge < -0.3 is 14.2 Å². The topological polar surface area (TPSA) is 68.5 Å². The lowest BCUT2D eigenvalue weighted by molar-refractivity contribution is -0.129. The molecule has 0 spiro atoms. The molecule has 1 aliphatic heterocycles. The minimum absolute atomic E-state index is 0.0754. The first-order valence-electron chi connectivity index (χ1n) is 10.1. The molecule has 0 N–H and O–H groups in total. The van der Waals surface area contributed by atoms with Crippen molar-refractivity contribution in [2.24, 2.45) is 5.92 Å². The van der Waals surface area contributed by atoms with Gasteiger partial charge in [-0.15, -0.1) is 0 Å². The minimum atomic E-state index is -0.230. The molecule has 1 aliphatic rings. The number of aromatic nitrogens is 2. The highest BCUT2D eigenvalue weighted by Gasteiger charge is 2.36. The Morgan fingerprint density at radius 1 is 1.23 bits per heavy atom. The smallest absolute Gasteiger partial charge is 0.249 e. The van der Waals surface area contributed by atoms with Crippen LogP contribution in [0.3, 0.4) is 0 Å². The van der Waals surface area contributed by atoms with Crippen LogP contribution in [0.4, 0.5) is 0 Å². The summed E-state index contributed by atoms with van der Waals surface area (Å²) in [6, 6.07) is 14.9. The SMILES string of the molecule is CC(C)COc1ccc(-c2noc(C3CCC(=O)N3Cc3cccc(Cl)c3)n2)cc1. The largest absolute Gasteiger partial charge is 0.493 e. The molecule has 0 aliphatic carbocycles. The number of halogens is 1. The number of amides is 1. The lowest BCUT2D eigenvalue weighted by Crippen LogP contribution is -2.27. The molecule has 1 amide bonds. The van der Waals surface area contributed by atoms with Crippen LogP contribution in [0.25, 0.3) is 11.4 Å². The fourth-order valence-electron chi connectivity index (χ4n) is 3.47. The van der Waals surface area contributed by atoms with Crippen LogP contribution in [-0.2, 0) is 11.3 Å². The van der Waals surface area contributed by atoms with Gasteiger partial charge >= 0.3 is 0 Å². The summed E-state index contributed by atoms with van der Waals surface area (Å²) in [6.07, 6.45) is 1.12. The van der Waals surface area contributed by atoms with Crippen LogP contribution in [0.5, 0.6) is 5.75 Å². The first-order chi connectivity index (χ1) is 14.5. The van der Waals surface area contributed by atoms with Gasteiger partial charge in [0.05, 0.1) is 6.61 Å². The Bertz CT molecular complexity index is 1020. The van der Waals surface area contributed by atoms with E-state index in [1.165, 1.54) is 0 Å². The molecule has 0 radical (unpaired) electrons. The number of carbonyl (C=O) groups is 1. The number of benzene rings is 2. The van der Waals surface area contributed by atoms with Gasteiger partial charge in [-0.2, -0.15) is 4.98 Å². The fraction of sp³-hybridized carbons (Fsp3) is 0.348. The molecule has 4 rings (SSSR count). The van der Waals surface area contributed by atoms with E-state index in [1.54, 1.807) is 4.90 Å². The molecule has 1 saturated heterocycles. The second-order valence-corrected chi connectivity index (χ2v) is 8.33. The molecule has 7 heteroatoms. The van der Waals surface area contributed by atoms with E-state index in [2.05, 4.69) is 24.0 Å². The Morgan fingerprint density at radius 2 is 2.03 bits per heavy atom. The van der Waals surface area contributed by atoms with Crippen molar-refractivity contribution in [3.63, 3.8) is 0 Å². The monoisotopic (exact) mass is 425 g/mol. The van der Waals surface area contributed by atoms with E-state index in [9.17, 15) is 4.79 Å². The molecule has 3 aromatic rings. The predicted molar refractivity (Wildman–Crippen MR) is 114 cm³/mol. The zero-order valence-electron chi connectivity index (χ0n) is 17.0. The number of hydrogen-bond donors (Lipinski definition) is 0. The lowest BCUT2D eigenvalue weighted by atomic mass is 10.1. The van der Waals surface area contributed by atoms with E-state index in [0.717, 1.165) is 16.9 Å². The van der Waals surface area contributed by atoms with Gasteiger partial charge in [0.25, 0.3) is 0 Å². The zero-order valence-corrected chi connectivity index (χ0v) is 17.8. The molecular formula is C23H24ClN3O3. The van der Waals surface area contributed by atoms with E-state index in [1.807, 2.05) is 48.5 Å². The maximum absolute atomic E-state index is 12.5. The highest BCUT2D eigenvalue weighted by Crippen LogP contribution is 2.34. The Kier molecular flexibility index (Phi) is 6.04. The minimum Gasteiger partial charge on any atom is -0.493 e. The van der Waals surface area contributed by atoms with Crippen LogP contribution in [0, 0.1) is 5.92 Å². The van der Waals surface area contributed by atoms with Crippen LogP contribution in [0.1, 0.15) is 44.2 Å². The van der Waals surface area contributed by atoms with Crippen molar-refractivity contribution in [3.8, 4) is 17.1 Å². The molecule has 30 heavy (non-hydrogen) atoms. The van der Waals surface area contributed by atoms with Gasteiger partial charge in [0.1, 0.15) is 11.8 Å². The van der Waals surface area contributed by atoms with Crippen molar-refractivity contribution in [1.82, 2.24) is 15.0 Å². The Balaban J connectivity index is 1.49. The Morgan fingerprint density at radius 3 is 2.77 bits per heavy atom. The highest BCUT2D eigenvalue weighted by atomic mass is 35.5. The first kappa shape index (κ1) is 20.4. The van der Waals surface area contributed by atoms with Crippen LogP contribution in [0.2, 0.25) is 5.02 Å². The van der Waals surface area contributed by atoms with E-state index in [0.29, 0.717) is 48.6 Å². The standard InChI is InChI=1S/C23H24ClN3O3/c1-15(2)14-29-19-8-6-17(7-9-19)22-25-23(30-26-22)20-10-11-21(28)27(20)13-16-4-3-5-18(24)12-16/h3-9,12,15,20H,10-11,13-14H2,1-2H3. The third-order valence-electron chi connectivity index (χ3n) is 4.99. The van der Waals surface area contributed by atoms with Gasteiger partial charge in [-0.3, -0.25) is 4.79 Å². The summed E-state index contributed by atoms with van der Waals surface area (Å²) in [5.41, 5.74) is 1.81. The van der Waals surface area contributed by atoms with Crippen molar-refractivity contribution in [3.05, 3.63) is 65.0 Å². The van der Waals surface area contributed by atoms with Crippen molar-refractivity contribution in [1.29, 1.82) is 0 Å². The molecule has 1 fully saturated rings. The third kappa shape index (κ3) is 4.65. The van der Waals surface area contributed by atoms with Gasteiger partial charge in [0, 0.05) is 23.6 Å². The van der Waals surface area contributed by atoms with Crippen LogP contribution >= 0.6 is 11.6 Å². The number of hydrogen-bond acceptors (Lipinski definition) is 5. The summed E-state index contributed by atoms with van der Waals surface area (Å²) in [4.78, 5) is 18.8. The van der Waals surface area contributed by atoms with E-state index in [4.69, 9.17) is 20.9 Å². The van der Waals surface area contributed by atoms with Crippen LogP contribution in [-0.4, -0.2) is 27.6 Å². The quantitative estimate of drug-likeness (QED) is 0.514. The number of ether oxygens (including phenoxy) is 1. The molecule has 1 unspecified atom stereocenters. The molecule has 0 saturated carbocycles. The van der Waals surface area contributed by atoms with E-state index >= 15 is 0 Å².